The molecule has 0 aliphatic rings. The SMILES string of the molecule is C=CCOc1cccc(NC(=O)CN(C)Cc2ccccc2)c1. The molecule has 0 atom stereocenters. The lowest BCUT2D eigenvalue weighted by molar-refractivity contribution is -0.117. The van der Waals surface area contributed by atoms with E-state index in [0.29, 0.717) is 18.9 Å². The Morgan fingerprint density at radius 3 is 2.74 bits per heavy atom. The standard InChI is InChI=1S/C19H22N2O2/c1-3-12-23-18-11-7-10-17(13-18)20-19(22)15-21(2)14-16-8-5-4-6-9-16/h3-11,13H,1,12,14-15H2,2H3,(H,20,22). The normalized spacial score (nSPS) is 10.3. The Balaban J connectivity index is 1.85. The van der Waals surface area contributed by atoms with Gasteiger partial charge in [0.2, 0.25) is 5.91 Å². The number of nitrogens with zero attached hydrogens (tertiary/aromatic N) is 1. The van der Waals surface area contributed by atoms with Gasteiger partial charge in [-0.15, -0.1) is 0 Å². The van der Waals surface area contributed by atoms with E-state index in [2.05, 4.69) is 24.0 Å². The first kappa shape index (κ1) is 16.8. The molecule has 0 spiro atoms. The van der Waals surface area contributed by atoms with E-state index in [1.165, 1.54) is 5.56 Å². The molecule has 2 aromatic rings. The fourth-order valence-corrected chi connectivity index (χ4v) is 2.22. The second-order valence-electron chi connectivity index (χ2n) is 5.33. The summed E-state index contributed by atoms with van der Waals surface area (Å²) in [6.07, 6.45) is 1.68. The van der Waals surface area contributed by atoms with Crippen LogP contribution in [0.1, 0.15) is 5.56 Å². The van der Waals surface area contributed by atoms with Crippen LogP contribution in [0.3, 0.4) is 0 Å². The number of hydrogen-bond donors (Lipinski definition) is 1. The molecule has 0 unspecified atom stereocenters. The lowest BCUT2D eigenvalue weighted by Crippen LogP contribution is -2.29. The minimum atomic E-state index is -0.0516. The van der Waals surface area contributed by atoms with Gasteiger partial charge in [0.25, 0.3) is 0 Å². The maximum absolute atomic E-state index is 12.1. The van der Waals surface area contributed by atoms with E-state index >= 15 is 0 Å². The van der Waals surface area contributed by atoms with Crippen LogP contribution in [0.4, 0.5) is 5.69 Å². The molecular formula is C19H22N2O2. The van der Waals surface area contributed by atoms with E-state index in [9.17, 15) is 4.79 Å². The van der Waals surface area contributed by atoms with Gasteiger partial charge in [-0.25, -0.2) is 0 Å². The number of likely N-dealkylation sites (N-methyl/N-ethyl adjacent to an activating group) is 1. The van der Waals surface area contributed by atoms with Gasteiger partial charge in [0, 0.05) is 18.3 Å². The maximum Gasteiger partial charge on any atom is 0.238 e. The summed E-state index contributed by atoms with van der Waals surface area (Å²) >= 11 is 0. The van der Waals surface area contributed by atoms with Crippen molar-refractivity contribution in [3.8, 4) is 5.75 Å². The van der Waals surface area contributed by atoms with E-state index in [1.54, 1.807) is 12.1 Å². The molecule has 4 heteroatoms. The minimum absolute atomic E-state index is 0.0516. The van der Waals surface area contributed by atoms with Gasteiger partial charge in [0.05, 0.1) is 6.54 Å². The molecule has 120 valence electrons. The molecule has 23 heavy (non-hydrogen) atoms. The lowest BCUT2D eigenvalue weighted by atomic mass is 10.2. The maximum atomic E-state index is 12.1. The molecule has 0 aromatic heterocycles. The summed E-state index contributed by atoms with van der Waals surface area (Å²) in [7, 11) is 1.93. The largest absolute Gasteiger partial charge is 0.489 e. The van der Waals surface area contributed by atoms with Crippen LogP contribution in [0.2, 0.25) is 0 Å². The zero-order chi connectivity index (χ0) is 16.5. The summed E-state index contributed by atoms with van der Waals surface area (Å²) < 4.78 is 5.46. The molecular weight excluding hydrogens is 288 g/mol. The predicted molar refractivity (Wildman–Crippen MR) is 93.5 cm³/mol. The highest BCUT2D eigenvalue weighted by Gasteiger charge is 2.08. The van der Waals surface area contributed by atoms with Crippen molar-refractivity contribution in [1.82, 2.24) is 4.90 Å². The van der Waals surface area contributed by atoms with Gasteiger partial charge in [0.15, 0.2) is 0 Å². The third kappa shape index (κ3) is 5.96. The molecule has 4 nitrogen and oxygen atoms in total. The predicted octanol–water partition coefficient (Wildman–Crippen LogP) is 3.32. The van der Waals surface area contributed by atoms with Gasteiger partial charge in [-0.2, -0.15) is 0 Å². The number of amides is 1. The Bertz CT molecular complexity index is 641. The monoisotopic (exact) mass is 310 g/mol. The molecule has 0 aliphatic carbocycles. The van der Waals surface area contributed by atoms with Gasteiger partial charge in [-0.1, -0.05) is 49.1 Å². The van der Waals surface area contributed by atoms with Crippen molar-refractivity contribution in [3.05, 3.63) is 72.8 Å². The Hall–Kier alpha value is -2.59. The third-order valence-corrected chi connectivity index (χ3v) is 3.19. The molecule has 0 saturated carbocycles. The number of carbonyl (C=O) groups excluding carboxylic acids is 1. The third-order valence-electron chi connectivity index (χ3n) is 3.19. The van der Waals surface area contributed by atoms with Crippen LogP contribution in [-0.4, -0.2) is 31.0 Å². The van der Waals surface area contributed by atoms with Crippen LogP contribution in [0.15, 0.2) is 67.3 Å². The van der Waals surface area contributed by atoms with Crippen molar-refractivity contribution in [2.75, 3.05) is 25.5 Å². The topological polar surface area (TPSA) is 41.6 Å². The molecule has 2 aromatic carbocycles. The molecule has 0 radical (unpaired) electrons. The summed E-state index contributed by atoms with van der Waals surface area (Å²) in [6, 6.07) is 17.4. The summed E-state index contributed by atoms with van der Waals surface area (Å²) in [5.74, 6) is 0.657. The van der Waals surface area contributed by atoms with Crippen LogP contribution in [0, 0.1) is 0 Å². The number of carbonyl (C=O) groups is 1. The van der Waals surface area contributed by atoms with Crippen molar-refractivity contribution >= 4 is 11.6 Å². The quantitative estimate of drug-likeness (QED) is 0.761. The molecule has 2 rings (SSSR count). The van der Waals surface area contributed by atoms with Crippen LogP contribution >= 0.6 is 0 Å². The first-order valence-electron chi connectivity index (χ1n) is 7.53. The van der Waals surface area contributed by atoms with Gasteiger partial charge >= 0.3 is 0 Å². The number of ether oxygens (including phenoxy) is 1. The Morgan fingerprint density at radius 2 is 2.00 bits per heavy atom. The van der Waals surface area contributed by atoms with E-state index in [4.69, 9.17) is 4.74 Å². The van der Waals surface area contributed by atoms with Crippen LogP contribution in [0.5, 0.6) is 5.75 Å². The second-order valence-corrected chi connectivity index (χ2v) is 5.33. The highest BCUT2D eigenvalue weighted by Crippen LogP contribution is 2.17. The van der Waals surface area contributed by atoms with Crippen LogP contribution in [-0.2, 0) is 11.3 Å². The molecule has 0 fully saturated rings. The fourth-order valence-electron chi connectivity index (χ4n) is 2.22. The van der Waals surface area contributed by atoms with Gasteiger partial charge < -0.3 is 10.1 Å². The van der Waals surface area contributed by atoms with E-state index < -0.39 is 0 Å². The Kier molecular flexibility index (Phi) is 6.39. The zero-order valence-corrected chi connectivity index (χ0v) is 13.4. The lowest BCUT2D eigenvalue weighted by Gasteiger charge is -2.16. The van der Waals surface area contributed by atoms with Crippen molar-refractivity contribution < 1.29 is 9.53 Å². The van der Waals surface area contributed by atoms with Crippen LogP contribution in [0.25, 0.3) is 0 Å². The summed E-state index contributed by atoms with van der Waals surface area (Å²) in [5, 5.41) is 2.89. The van der Waals surface area contributed by atoms with Crippen molar-refractivity contribution in [2.24, 2.45) is 0 Å². The fraction of sp³-hybridized carbons (Fsp3) is 0.211. The number of rotatable bonds is 8. The molecule has 1 amide bonds. The molecule has 1 N–H and O–H groups in total. The zero-order valence-electron chi connectivity index (χ0n) is 13.4. The minimum Gasteiger partial charge on any atom is -0.489 e. The highest BCUT2D eigenvalue weighted by molar-refractivity contribution is 5.92. The second kappa shape index (κ2) is 8.76. The van der Waals surface area contributed by atoms with E-state index in [-0.39, 0.29) is 5.91 Å². The Labute approximate surface area is 137 Å². The Morgan fingerprint density at radius 1 is 1.22 bits per heavy atom. The molecule has 0 saturated heterocycles. The van der Waals surface area contributed by atoms with Crippen LogP contribution < -0.4 is 10.1 Å². The first-order chi connectivity index (χ1) is 11.2. The average Bonchev–Trinajstić information content (AvgIpc) is 2.54. The smallest absolute Gasteiger partial charge is 0.238 e. The first-order valence-corrected chi connectivity index (χ1v) is 7.53. The number of anilines is 1. The summed E-state index contributed by atoms with van der Waals surface area (Å²) in [6.45, 7) is 5.11. The number of nitrogens with one attached hydrogen (secondary N) is 1. The van der Waals surface area contributed by atoms with Crippen molar-refractivity contribution in [3.63, 3.8) is 0 Å². The summed E-state index contributed by atoms with van der Waals surface area (Å²) in [5.41, 5.74) is 1.91. The van der Waals surface area contributed by atoms with Gasteiger partial charge in [-0.05, 0) is 24.7 Å². The highest BCUT2D eigenvalue weighted by atomic mass is 16.5. The number of benzene rings is 2. The van der Waals surface area contributed by atoms with E-state index in [0.717, 1.165) is 12.2 Å². The average molecular weight is 310 g/mol. The van der Waals surface area contributed by atoms with Gasteiger partial charge in [0.1, 0.15) is 12.4 Å². The molecule has 0 bridgehead atoms. The molecule has 0 aliphatic heterocycles. The summed E-state index contributed by atoms with van der Waals surface area (Å²) in [4.78, 5) is 14.1. The van der Waals surface area contributed by atoms with Crippen molar-refractivity contribution in [2.45, 2.75) is 6.54 Å². The van der Waals surface area contributed by atoms with E-state index in [1.807, 2.05) is 48.3 Å². The van der Waals surface area contributed by atoms with Crippen molar-refractivity contribution in [1.29, 1.82) is 0 Å². The number of hydrogen-bond acceptors (Lipinski definition) is 3. The molecule has 0 heterocycles. The van der Waals surface area contributed by atoms with Gasteiger partial charge in [-0.3, -0.25) is 9.69 Å².